The van der Waals surface area contributed by atoms with Crippen LogP contribution in [0.3, 0.4) is 0 Å². The highest BCUT2D eigenvalue weighted by molar-refractivity contribution is 7.13. The molecule has 2 aromatic heterocycles. The molecule has 1 N–H and O–H groups in total. The van der Waals surface area contributed by atoms with Crippen LogP contribution in [0.2, 0.25) is 0 Å². The number of amides is 1. The lowest BCUT2D eigenvalue weighted by atomic mass is 10.1. The molecule has 3 rings (SSSR count). The normalized spacial score (nSPS) is 10.5. The third-order valence-corrected chi connectivity index (χ3v) is 4.61. The van der Waals surface area contributed by atoms with Gasteiger partial charge >= 0.3 is 0 Å². The summed E-state index contributed by atoms with van der Waals surface area (Å²) in [6, 6.07) is 12.1. The lowest BCUT2D eigenvalue weighted by molar-refractivity contribution is -0.121. The minimum absolute atomic E-state index is 0.0312. The van der Waals surface area contributed by atoms with Gasteiger partial charge in [-0.1, -0.05) is 35.9 Å². The van der Waals surface area contributed by atoms with Crippen LogP contribution in [-0.4, -0.2) is 15.9 Å². The minimum atomic E-state index is 0.0312. The van der Waals surface area contributed by atoms with E-state index in [0.29, 0.717) is 19.4 Å². The highest BCUT2D eigenvalue weighted by atomic mass is 32.1. The number of nitrogens with zero attached hydrogens (tertiary/aromatic N) is 2. The van der Waals surface area contributed by atoms with Crippen LogP contribution in [0.1, 0.15) is 23.2 Å². The largest absolute Gasteiger partial charge is 0.352 e. The van der Waals surface area contributed by atoms with Crippen molar-refractivity contribution in [2.24, 2.45) is 0 Å². The molecule has 0 radical (unpaired) electrons. The number of pyridine rings is 1. The summed E-state index contributed by atoms with van der Waals surface area (Å²) in [5, 5.41) is 5.94. The maximum Gasteiger partial charge on any atom is 0.220 e. The number of aromatic nitrogens is 2. The number of benzene rings is 1. The van der Waals surface area contributed by atoms with Gasteiger partial charge in [-0.15, -0.1) is 11.3 Å². The van der Waals surface area contributed by atoms with Crippen LogP contribution < -0.4 is 5.32 Å². The monoisotopic (exact) mass is 337 g/mol. The molecule has 0 fully saturated rings. The van der Waals surface area contributed by atoms with Gasteiger partial charge in [0.25, 0.3) is 0 Å². The van der Waals surface area contributed by atoms with Crippen LogP contribution in [0.4, 0.5) is 0 Å². The molecule has 0 aliphatic heterocycles. The first kappa shape index (κ1) is 16.3. The van der Waals surface area contributed by atoms with E-state index < -0.39 is 0 Å². The lowest BCUT2D eigenvalue weighted by Gasteiger charge is -2.04. The topological polar surface area (TPSA) is 54.9 Å². The molecule has 0 saturated carbocycles. The zero-order valence-electron chi connectivity index (χ0n) is 13.5. The molecule has 0 bridgehead atoms. The fourth-order valence-corrected chi connectivity index (χ4v) is 3.14. The SMILES string of the molecule is Cc1ccc(-c2nc(CCC(=O)NCc3cccnc3)cs2)cc1. The fourth-order valence-electron chi connectivity index (χ4n) is 2.28. The first-order valence-electron chi connectivity index (χ1n) is 7.88. The van der Waals surface area contributed by atoms with Gasteiger partial charge in [-0.2, -0.15) is 0 Å². The summed E-state index contributed by atoms with van der Waals surface area (Å²) in [7, 11) is 0. The summed E-state index contributed by atoms with van der Waals surface area (Å²) in [4.78, 5) is 20.6. The van der Waals surface area contributed by atoms with Gasteiger partial charge in [0.15, 0.2) is 0 Å². The van der Waals surface area contributed by atoms with Gasteiger partial charge in [-0.25, -0.2) is 4.98 Å². The molecule has 1 aromatic carbocycles. The first-order chi connectivity index (χ1) is 11.7. The van der Waals surface area contributed by atoms with Crippen molar-refractivity contribution in [1.29, 1.82) is 0 Å². The summed E-state index contributed by atoms with van der Waals surface area (Å²) in [6.45, 7) is 2.58. The number of rotatable bonds is 6. The first-order valence-corrected chi connectivity index (χ1v) is 8.76. The highest BCUT2D eigenvalue weighted by Crippen LogP contribution is 2.24. The van der Waals surface area contributed by atoms with Crippen LogP contribution in [0, 0.1) is 6.92 Å². The third-order valence-electron chi connectivity index (χ3n) is 3.67. The summed E-state index contributed by atoms with van der Waals surface area (Å²) in [5.41, 5.74) is 4.33. The molecule has 24 heavy (non-hydrogen) atoms. The third kappa shape index (κ3) is 4.49. The molecule has 4 nitrogen and oxygen atoms in total. The Bertz CT molecular complexity index is 797. The maximum absolute atomic E-state index is 11.9. The fraction of sp³-hybridized carbons (Fsp3) is 0.211. The van der Waals surface area contributed by atoms with E-state index in [-0.39, 0.29) is 5.91 Å². The van der Waals surface area contributed by atoms with Gasteiger partial charge in [-0.05, 0) is 25.0 Å². The van der Waals surface area contributed by atoms with Gasteiger partial charge in [0, 0.05) is 36.3 Å². The van der Waals surface area contributed by atoms with Gasteiger partial charge < -0.3 is 5.32 Å². The zero-order valence-corrected chi connectivity index (χ0v) is 14.3. The molecule has 0 spiro atoms. The molecule has 0 aliphatic rings. The summed E-state index contributed by atoms with van der Waals surface area (Å²) < 4.78 is 0. The van der Waals surface area contributed by atoms with Gasteiger partial charge in [0.2, 0.25) is 5.91 Å². The Morgan fingerprint density at radius 3 is 2.79 bits per heavy atom. The van der Waals surface area contributed by atoms with Crippen LogP contribution >= 0.6 is 11.3 Å². The van der Waals surface area contributed by atoms with Crippen molar-refractivity contribution in [3.63, 3.8) is 0 Å². The second-order valence-corrected chi connectivity index (χ2v) is 6.51. The second kappa shape index (κ2) is 7.84. The molecular weight excluding hydrogens is 318 g/mol. The Morgan fingerprint density at radius 2 is 2.04 bits per heavy atom. The van der Waals surface area contributed by atoms with Gasteiger partial charge in [0.1, 0.15) is 5.01 Å². The quantitative estimate of drug-likeness (QED) is 0.745. The number of aryl methyl sites for hydroxylation is 2. The van der Waals surface area contributed by atoms with E-state index in [2.05, 4.69) is 46.5 Å². The Labute approximate surface area is 145 Å². The van der Waals surface area contributed by atoms with Crippen molar-refractivity contribution < 1.29 is 4.79 Å². The Morgan fingerprint density at radius 1 is 1.21 bits per heavy atom. The molecule has 0 atom stereocenters. The molecular formula is C19H19N3OS. The molecule has 122 valence electrons. The average Bonchev–Trinajstić information content (AvgIpc) is 3.09. The van der Waals surface area contributed by atoms with Crippen molar-refractivity contribution in [3.8, 4) is 10.6 Å². The number of hydrogen-bond donors (Lipinski definition) is 1. The minimum Gasteiger partial charge on any atom is -0.352 e. The standard InChI is InChI=1S/C19H19N3OS/c1-14-4-6-16(7-5-14)19-22-17(13-24-19)8-9-18(23)21-12-15-3-2-10-20-11-15/h2-7,10-11,13H,8-9,12H2,1H3,(H,21,23). The molecule has 0 unspecified atom stereocenters. The number of nitrogens with one attached hydrogen (secondary N) is 1. The molecule has 1 amide bonds. The van der Waals surface area contributed by atoms with Gasteiger partial charge in [-0.3, -0.25) is 9.78 Å². The summed E-state index contributed by atoms with van der Waals surface area (Å²) in [6.07, 6.45) is 4.58. The predicted octanol–water partition coefficient (Wildman–Crippen LogP) is 3.76. The van der Waals surface area contributed by atoms with Crippen LogP contribution in [0.5, 0.6) is 0 Å². The predicted molar refractivity (Wildman–Crippen MR) is 96.7 cm³/mol. The van der Waals surface area contributed by atoms with Crippen molar-refractivity contribution in [3.05, 3.63) is 71.0 Å². The van der Waals surface area contributed by atoms with Gasteiger partial charge in [0.05, 0.1) is 5.69 Å². The van der Waals surface area contributed by atoms with E-state index in [1.54, 1.807) is 23.7 Å². The van der Waals surface area contributed by atoms with E-state index in [4.69, 9.17) is 0 Å². The van der Waals surface area contributed by atoms with Crippen LogP contribution in [0.25, 0.3) is 10.6 Å². The zero-order chi connectivity index (χ0) is 16.8. The molecule has 3 aromatic rings. The van der Waals surface area contributed by atoms with E-state index in [1.807, 2.05) is 17.5 Å². The highest BCUT2D eigenvalue weighted by Gasteiger charge is 2.07. The number of hydrogen-bond acceptors (Lipinski definition) is 4. The summed E-state index contributed by atoms with van der Waals surface area (Å²) in [5.74, 6) is 0.0312. The Balaban J connectivity index is 1.50. The van der Waals surface area contributed by atoms with E-state index >= 15 is 0 Å². The maximum atomic E-state index is 11.9. The Hall–Kier alpha value is -2.53. The van der Waals surface area contributed by atoms with E-state index in [9.17, 15) is 4.79 Å². The molecule has 0 saturated heterocycles. The average molecular weight is 337 g/mol. The van der Waals surface area contributed by atoms with E-state index in [0.717, 1.165) is 21.8 Å². The second-order valence-electron chi connectivity index (χ2n) is 5.65. The summed E-state index contributed by atoms with van der Waals surface area (Å²) >= 11 is 1.62. The molecule has 2 heterocycles. The van der Waals surface area contributed by atoms with Crippen LogP contribution in [-0.2, 0) is 17.8 Å². The molecule has 5 heteroatoms. The Kier molecular flexibility index (Phi) is 5.33. The lowest BCUT2D eigenvalue weighted by Crippen LogP contribution is -2.23. The van der Waals surface area contributed by atoms with E-state index in [1.165, 1.54) is 5.56 Å². The number of carbonyl (C=O) groups is 1. The molecule has 0 aliphatic carbocycles. The van der Waals surface area contributed by atoms with Crippen LogP contribution in [0.15, 0.2) is 54.2 Å². The van der Waals surface area contributed by atoms with Crippen molar-refractivity contribution in [2.75, 3.05) is 0 Å². The van der Waals surface area contributed by atoms with Crippen molar-refractivity contribution in [2.45, 2.75) is 26.3 Å². The smallest absolute Gasteiger partial charge is 0.220 e. The number of thiazole rings is 1. The van der Waals surface area contributed by atoms with Crippen molar-refractivity contribution >= 4 is 17.2 Å². The number of carbonyl (C=O) groups excluding carboxylic acids is 1. The van der Waals surface area contributed by atoms with Crippen molar-refractivity contribution in [1.82, 2.24) is 15.3 Å².